The Bertz CT molecular complexity index is 1150. The molecule has 0 saturated heterocycles. The number of nitrogens with zero attached hydrogens (tertiary/aromatic N) is 2. The van der Waals surface area contributed by atoms with E-state index in [-0.39, 0.29) is 12.1 Å². The highest BCUT2D eigenvalue weighted by molar-refractivity contribution is 6.01. The van der Waals surface area contributed by atoms with Gasteiger partial charge >= 0.3 is 0 Å². The average Bonchev–Trinajstić information content (AvgIpc) is 3.19. The molecule has 0 spiro atoms. The van der Waals surface area contributed by atoms with Crippen molar-refractivity contribution < 1.29 is 4.79 Å². The number of hydrogen-bond donors (Lipinski definition) is 2. The molecule has 3 aromatic carbocycles. The SMILES string of the molecule is O=C1N[C@H](c2cn(Cc3ccccc3)nc2-c2ccccc2)Nc2ccccc21. The molecule has 2 heterocycles. The predicted octanol–water partition coefficient (Wildman–Crippen LogP) is 4.45. The third kappa shape index (κ3) is 3.38. The molecular weight excluding hydrogens is 360 g/mol. The minimum Gasteiger partial charge on any atom is -0.361 e. The van der Waals surface area contributed by atoms with Gasteiger partial charge in [-0.1, -0.05) is 72.8 Å². The number of nitrogens with one attached hydrogen (secondary N) is 2. The largest absolute Gasteiger partial charge is 0.361 e. The Morgan fingerprint density at radius 3 is 2.31 bits per heavy atom. The molecule has 142 valence electrons. The van der Waals surface area contributed by atoms with E-state index in [1.807, 2.05) is 83.7 Å². The minimum atomic E-state index is -0.350. The van der Waals surface area contributed by atoms with Crippen molar-refractivity contribution in [1.29, 1.82) is 0 Å². The van der Waals surface area contributed by atoms with Crippen molar-refractivity contribution in [2.75, 3.05) is 5.32 Å². The summed E-state index contributed by atoms with van der Waals surface area (Å²) in [6.07, 6.45) is 1.67. The first-order valence-corrected chi connectivity index (χ1v) is 9.61. The molecule has 1 aromatic heterocycles. The summed E-state index contributed by atoms with van der Waals surface area (Å²) in [6, 6.07) is 27.8. The first-order chi connectivity index (χ1) is 14.3. The van der Waals surface area contributed by atoms with Gasteiger partial charge in [-0.25, -0.2) is 0 Å². The molecule has 0 radical (unpaired) electrons. The van der Waals surface area contributed by atoms with Crippen LogP contribution < -0.4 is 10.6 Å². The fourth-order valence-electron chi connectivity index (χ4n) is 3.68. The summed E-state index contributed by atoms with van der Waals surface area (Å²) in [4.78, 5) is 12.6. The monoisotopic (exact) mass is 380 g/mol. The van der Waals surface area contributed by atoms with Crippen LogP contribution in [0.1, 0.15) is 27.7 Å². The first kappa shape index (κ1) is 17.3. The van der Waals surface area contributed by atoms with Gasteiger partial charge < -0.3 is 10.6 Å². The number of benzene rings is 3. The number of anilines is 1. The zero-order valence-corrected chi connectivity index (χ0v) is 15.7. The van der Waals surface area contributed by atoms with E-state index < -0.39 is 0 Å². The van der Waals surface area contributed by atoms with Crippen LogP contribution >= 0.6 is 0 Å². The minimum absolute atomic E-state index is 0.0841. The van der Waals surface area contributed by atoms with Gasteiger partial charge in [0.1, 0.15) is 6.17 Å². The number of carbonyl (C=O) groups is 1. The lowest BCUT2D eigenvalue weighted by molar-refractivity contribution is 0.0936. The average molecular weight is 380 g/mol. The van der Waals surface area contributed by atoms with Crippen LogP contribution in [0.15, 0.2) is 91.1 Å². The van der Waals surface area contributed by atoms with Crippen molar-refractivity contribution in [1.82, 2.24) is 15.1 Å². The van der Waals surface area contributed by atoms with Crippen molar-refractivity contribution in [2.45, 2.75) is 12.7 Å². The van der Waals surface area contributed by atoms with E-state index in [2.05, 4.69) is 22.8 Å². The third-order valence-electron chi connectivity index (χ3n) is 5.08. The topological polar surface area (TPSA) is 59.0 Å². The molecule has 0 fully saturated rings. The van der Waals surface area contributed by atoms with Crippen LogP contribution in [0, 0.1) is 0 Å². The second-order valence-corrected chi connectivity index (χ2v) is 7.08. The van der Waals surface area contributed by atoms with E-state index in [1.165, 1.54) is 5.56 Å². The van der Waals surface area contributed by atoms with Crippen molar-refractivity contribution in [2.24, 2.45) is 0 Å². The Morgan fingerprint density at radius 2 is 1.52 bits per heavy atom. The smallest absolute Gasteiger partial charge is 0.255 e. The summed E-state index contributed by atoms with van der Waals surface area (Å²) >= 11 is 0. The summed E-state index contributed by atoms with van der Waals surface area (Å²) in [5, 5.41) is 11.4. The Kier molecular flexibility index (Phi) is 4.33. The van der Waals surface area contributed by atoms with Gasteiger partial charge in [0, 0.05) is 23.0 Å². The number of carbonyl (C=O) groups excluding carboxylic acids is 1. The Morgan fingerprint density at radius 1 is 0.828 bits per heavy atom. The lowest BCUT2D eigenvalue weighted by Crippen LogP contribution is -2.38. The van der Waals surface area contributed by atoms with Crippen LogP contribution in [0.2, 0.25) is 0 Å². The summed E-state index contributed by atoms with van der Waals surface area (Å²) in [6.45, 7) is 0.665. The van der Waals surface area contributed by atoms with E-state index >= 15 is 0 Å². The van der Waals surface area contributed by atoms with Gasteiger partial charge in [-0.3, -0.25) is 9.48 Å². The molecule has 0 saturated carbocycles. The molecule has 1 aliphatic rings. The van der Waals surface area contributed by atoms with Gasteiger partial charge in [-0.15, -0.1) is 0 Å². The maximum absolute atomic E-state index is 12.6. The van der Waals surface area contributed by atoms with E-state index in [0.717, 1.165) is 22.5 Å². The summed E-state index contributed by atoms with van der Waals surface area (Å²) in [5.41, 5.74) is 5.47. The van der Waals surface area contributed by atoms with E-state index in [1.54, 1.807) is 0 Å². The second-order valence-electron chi connectivity index (χ2n) is 7.08. The van der Waals surface area contributed by atoms with Crippen LogP contribution in [0.4, 0.5) is 5.69 Å². The fraction of sp³-hybridized carbons (Fsp3) is 0.0833. The lowest BCUT2D eigenvalue weighted by Gasteiger charge is -2.27. The summed E-state index contributed by atoms with van der Waals surface area (Å²) in [7, 11) is 0. The van der Waals surface area contributed by atoms with Crippen LogP contribution in [-0.4, -0.2) is 15.7 Å². The van der Waals surface area contributed by atoms with Gasteiger partial charge in [0.2, 0.25) is 0 Å². The number of para-hydroxylation sites is 1. The predicted molar refractivity (Wildman–Crippen MR) is 113 cm³/mol. The molecule has 4 aromatic rings. The molecule has 1 amide bonds. The van der Waals surface area contributed by atoms with Crippen LogP contribution in [0.5, 0.6) is 0 Å². The zero-order chi connectivity index (χ0) is 19.6. The van der Waals surface area contributed by atoms with Gasteiger partial charge in [-0.2, -0.15) is 5.10 Å². The molecule has 0 bridgehead atoms. The fourth-order valence-corrected chi connectivity index (χ4v) is 3.68. The van der Waals surface area contributed by atoms with Crippen molar-refractivity contribution in [3.8, 4) is 11.3 Å². The number of aromatic nitrogens is 2. The molecule has 0 aliphatic carbocycles. The Hall–Kier alpha value is -3.86. The maximum atomic E-state index is 12.6. The van der Waals surface area contributed by atoms with Crippen LogP contribution in [0.25, 0.3) is 11.3 Å². The molecule has 5 nitrogen and oxygen atoms in total. The molecule has 1 atom stereocenters. The Balaban J connectivity index is 1.55. The maximum Gasteiger partial charge on any atom is 0.255 e. The second kappa shape index (κ2) is 7.28. The van der Waals surface area contributed by atoms with Crippen molar-refractivity contribution >= 4 is 11.6 Å². The van der Waals surface area contributed by atoms with E-state index in [4.69, 9.17) is 5.10 Å². The normalized spacial score (nSPS) is 15.3. The number of fused-ring (bicyclic) bond motifs is 1. The molecule has 1 aliphatic heterocycles. The first-order valence-electron chi connectivity index (χ1n) is 9.61. The zero-order valence-electron chi connectivity index (χ0n) is 15.7. The number of rotatable bonds is 4. The third-order valence-corrected chi connectivity index (χ3v) is 5.08. The standard InChI is InChI=1S/C24H20N4O/c29-24-19-13-7-8-14-21(19)25-23(26-24)20-16-28(15-17-9-3-1-4-10-17)27-22(20)18-11-5-2-6-12-18/h1-14,16,23,25H,15H2,(H,26,29)/t23-/m1/s1. The van der Waals surface area contributed by atoms with Crippen molar-refractivity contribution in [3.63, 3.8) is 0 Å². The highest BCUT2D eigenvalue weighted by Gasteiger charge is 2.28. The van der Waals surface area contributed by atoms with E-state index in [0.29, 0.717) is 12.1 Å². The number of hydrogen-bond acceptors (Lipinski definition) is 3. The Labute approximate surface area is 169 Å². The van der Waals surface area contributed by atoms with Gasteiger partial charge in [-0.05, 0) is 17.7 Å². The van der Waals surface area contributed by atoms with Crippen molar-refractivity contribution in [3.05, 3.63) is 108 Å². The van der Waals surface area contributed by atoms with Gasteiger partial charge in [0.25, 0.3) is 5.91 Å². The lowest BCUT2D eigenvalue weighted by atomic mass is 10.0. The summed E-state index contributed by atoms with van der Waals surface area (Å²) in [5.74, 6) is -0.0841. The van der Waals surface area contributed by atoms with Gasteiger partial charge in [0.15, 0.2) is 0 Å². The van der Waals surface area contributed by atoms with Crippen LogP contribution in [0.3, 0.4) is 0 Å². The van der Waals surface area contributed by atoms with E-state index in [9.17, 15) is 4.79 Å². The molecule has 2 N–H and O–H groups in total. The summed E-state index contributed by atoms with van der Waals surface area (Å²) < 4.78 is 1.93. The molecule has 0 unspecified atom stereocenters. The number of amides is 1. The molecular formula is C24H20N4O. The highest BCUT2D eigenvalue weighted by Crippen LogP contribution is 2.32. The molecule has 5 heteroatoms. The van der Waals surface area contributed by atoms with Crippen LogP contribution in [-0.2, 0) is 6.54 Å². The quantitative estimate of drug-likeness (QED) is 0.550. The molecule has 5 rings (SSSR count). The molecule has 29 heavy (non-hydrogen) atoms. The highest BCUT2D eigenvalue weighted by atomic mass is 16.2. The van der Waals surface area contributed by atoms with Gasteiger partial charge in [0.05, 0.1) is 17.8 Å².